The van der Waals surface area contributed by atoms with Crippen LogP contribution in [0.15, 0.2) is 141 Å². The Morgan fingerprint density at radius 1 is 0.500 bits per heavy atom. The molecule has 0 aromatic heterocycles. The molecule has 68 heavy (non-hydrogen) atoms. The lowest BCUT2D eigenvalue weighted by molar-refractivity contribution is 0.103. The van der Waals surface area contributed by atoms with Crippen LogP contribution >= 0.6 is 0 Å². The van der Waals surface area contributed by atoms with Crippen molar-refractivity contribution in [1.29, 1.82) is 0 Å². The van der Waals surface area contributed by atoms with Crippen molar-refractivity contribution in [3.63, 3.8) is 0 Å². The number of nitrogens with zero attached hydrogens (tertiary/aromatic N) is 2. The van der Waals surface area contributed by atoms with E-state index in [-0.39, 0.29) is 33.0 Å². The molecule has 0 saturated heterocycles. The van der Waals surface area contributed by atoms with Gasteiger partial charge < -0.3 is 39.3 Å². The summed E-state index contributed by atoms with van der Waals surface area (Å²) in [7, 11) is 0.986. The molecule has 0 spiro atoms. The Kier molecular flexibility index (Phi) is 13.5. The Bertz CT molecular complexity index is 2900. The normalized spacial score (nSPS) is 15.5. The summed E-state index contributed by atoms with van der Waals surface area (Å²) in [6.07, 6.45) is 1.09. The van der Waals surface area contributed by atoms with Crippen molar-refractivity contribution in [2.24, 2.45) is 10.2 Å². The van der Waals surface area contributed by atoms with Crippen molar-refractivity contribution in [1.82, 2.24) is 10.9 Å². The van der Waals surface area contributed by atoms with E-state index >= 15 is 0 Å². The zero-order valence-electron chi connectivity index (χ0n) is 37.8. The highest BCUT2D eigenvalue weighted by Gasteiger charge is 2.27. The number of carbonyl (C=O) groups excluding carboxylic acids is 1. The topological polar surface area (TPSA) is 214 Å². The van der Waals surface area contributed by atoms with Crippen LogP contribution in [-0.2, 0) is 20.0 Å². The van der Waals surface area contributed by atoms with E-state index in [0.717, 1.165) is 33.7 Å². The van der Waals surface area contributed by atoms with Gasteiger partial charge >= 0.3 is 0 Å². The molecule has 0 amide bonds. The van der Waals surface area contributed by atoms with Crippen molar-refractivity contribution in [2.45, 2.75) is 34.7 Å². The maximum atomic E-state index is 13.8. The number of methoxy groups -OCH3 is 6. The molecular weight excluding hydrogens is 913 g/mol. The SMILES string of the molecule is COc1cc(C2CC(c3ccc(NS(=O)(=O)c4cccc(C(=O)c5cccc(S(=O)(=O)Nc6ccc(C7=NNC(c8cc(OC)c(OC)c(OC)c8)C7)cc6)c5)c4)cc3)=NN2)cc(OC)c1OC. The molecule has 0 fully saturated rings. The number of benzene rings is 6. The molecule has 0 aliphatic carbocycles. The first-order valence-corrected chi connectivity index (χ1v) is 24.0. The van der Waals surface area contributed by atoms with Gasteiger partial charge in [0.25, 0.3) is 20.0 Å². The number of carbonyl (C=O) groups is 1. The van der Waals surface area contributed by atoms with Crippen LogP contribution in [-0.4, -0.2) is 76.7 Å². The largest absolute Gasteiger partial charge is 0.493 e. The molecule has 2 aliphatic rings. The molecule has 2 unspecified atom stereocenters. The van der Waals surface area contributed by atoms with Crippen molar-refractivity contribution in [3.05, 3.63) is 155 Å². The van der Waals surface area contributed by atoms with Crippen molar-refractivity contribution >= 4 is 48.6 Å². The molecule has 2 atom stereocenters. The minimum Gasteiger partial charge on any atom is -0.493 e. The van der Waals surface area contributed by atoms with Gasteiger partial charge in [0.05, 0.1) is 76.0 Å². The van der Waals surface area contributed by atoms with Crippen LogP contribution in [0.3, 0.4) is 0 Å². The Labute approximate surface area is 394 Å². The quantitative estimate of drug-likeness (QED) is 0.0617. The summed E-state index contributed by atoms with van der Waals surface area (Å²) >= 11 is 0. The van der Waals surface area contributed by atoms with E-state index in [9.17, 15) is 21.6 Å². The number of ether oxygens (including phenoxy) is 6. The van der Waals surface area contributed by atoms with Crippen LogP contribution in [0.25, 0.3) is 0 Å². The number of hydrogen-bond donors (Lipinski definition) is 4. The predicted octanol–water partition coefficient (Wildman–Crippen LogP) is 7.45. The van der Waals surface area contributed by atoms with E-state index in [1.54, 1.807) is 91.2 Å². The van der Waals surface area contributed by atoms with E-state index in [0.29, 0.717) is 58.7 Å². The van der Waals surface area contributed by atoms with E-state index in [1.165, 1.54) is 48.5 Å². The third-order valence-corrected chi connectivity index (χ3v) is 14.2. The number of sulfonamides is 2. The molecule has 6 aromatic rings. The van der Waals surface area contributed by atoms with E-state index in [2.05, 4.69) is 30.5 Å². The van der Waals surface area contributed by atoms with E-state index in [1.807, 2.05) is 24.3 Å². The highest BCUT2D eigenvalue weighted by molar-refractivity contribution is 7.93. The summed E-state index contributed by atoms with van der Waals surface area (Å²) in [5.41, 5.74) is 11.9. The summed E-state index contributed by atoms with van der Waals surface area (Å²) < 4.78 is 92.5. The number of nitrogens with one attached hydrogen (secondary N) is 4. The molecule has 0 bridgehead atoms. The minimum atomic E-state index is -4.15. The van der Waals surface area contributed by atoms with Crippen molar-refractivity contribution in [2.75, 3.05) is 52.1 Å². The molecule has 2 aliphatic heterocycles. The fourth-order valence-corrected chi connectivity index (χ4v) is 10.1. The highest BCUT2D eigenvalue weighted by atomic mass is 32.2. The molecule has 0 saturated carbocycles. The second-order valence-corrected chi connectivity index (χ2v) is 18.9. The lowest BCUT2D eigenvalue weighted by atomic mass is 9.98. The van der Waals surface area contributed by atoms with Gasteiger partial charge in [0.15, 0.2) is 28.8 Å². The Morgan fingerprint density at radius 3 is 1.18 bits per heavy atom. The van der Waals surface area contributed by atoms with Gasteiger partial charge in [-0.3, -0.25) is 14.2 Å². The van der Waals surface area contributed by atoms with Gasteiger partial charge in [-0.25, -0.2) is 16.8 Å². The van der Waals surface area contributed by atoms with Crippen LogP contribution < -0.4 is 48.7 Å². The third kappa shape index (κ3) is 9.70. The van der Waals surface area contributed by atoms with Crippen LogP contribution in [0.4, 0.5) is 11.4 Å². The average Bonchev–Trinajstić information content (AvgIpc) is 4.07. The lowest BCUT2D eigenvalue weighted by Crippen LogP contribution is -2.15. The first-order chi connectivity index (χ1) is 32.8. The smallest absolute Gasteiger partial charge is 0.261 e. The van der Waals surface area contributed by atoms with Gasteiger partial charge in [-0.15, -0.1) is 0 Å². The average molecular weight is 961 g/mol. The van der Waals surface area contributed by atoms with Crippen LogP contribution in [0, 0.1) is 0 Å². The predicted molar refractivity (Wildman–Crippen MR) is 257 cm³/mol. The Balaban J connectivity index is 0.892. The summed E-state index contributed by atoms with van der Waals surface area (Å²) in [6, 6.07) is 31.8. The van der Waals surface area contributed by atoms with Gasteiger partial charge in [-0.05, 0) is 95.1 Å². The zero-order valence-corrected chi connectivity index (χ0v) is 39.5. The molecule has 6 aromatic carbocycles. The number of rotatable bonds is 18. The van der Waals surface area contributed by atoms with Gasteiger partial charge in [0.2, 0.25) is 11.5 Å². The molecule has 17 nitrogen and oxygen atoms in total. The molecular formula is C49H48N6O11S2. The van der Waals surface area contributed by atoms with Gasteiger partial charge in [0.1, 0.15) is 0 Å². The van der Waals surface area contributed by atoms with E-state index in [4.69, 9.17) is 28.4 Å². The number of ketones is 1. The molecule has 2 heterocycles. The summed E-state index contributed by atoms with van der Waals surface area (Å²) in [5, 5.41) is 9.05. The number of anilines is 2. The summed E-state index contributed by atoms with van der Waals surface area (Å²) in [5.74, 6) is 2.50. The van der Waals surface area contributed by atoms with Gasteiger partial charge in [-0.2, -0.15) is 10.2 Å². The monoisotopic (exact) mass is 960 g/mol. The molecule has 352 valence electrons. The van der Waals surface area contributed by atoms with Crippen LogP contribution in [0.1, 0.15) is 63.1 Å². The fourth-order valence-electron chi connectivity index (χ4n) is 7.90. The zero-order chi connectivity index (χ0) is 48.2. The van der Waals surface area contributed by atoms with Crippen molar-refractivity contribution < 1.29 is 50.1 Å². The van der Waals surface area contributed by atoms with Gasteiger partial charge in [0, 0.05) is 35.3 Å². The molecule has 8 rings (SSSR count). The first-order valence-electron chi connectivity index (χ1n) is 21.0. The van der Waals surface area contributed by atoms with E-state index < -0.39 is 25.8 Å². The second kappa shape index (κ2) is 19.6. The van der Waals surface area contributed by atoms with Crippen LogP contribution in [0.5, 0.6) is 34.5 Å². The first kappa shape index (κ1) is 46.7. The lowest BCUT2D eigenvalue weighted by Gasteiger charge is -2.17. The molecule has 19 heteroatoms. The fraction of sp³-hybridized carbons (Fsp3) is 0.204. The standard InChI is InChI=1S/C49H48N6O11S2/c1-61-43-23-33(24-44(62-2)48(43)65-5)41-27-39(50-52-41)29-13-17-35(18-14-29)54-67(57,58)37-11-7-9-31(21-37)47(56)32-10-8-12-38(22-32)68(59,60)55-36-19-15-30(16-20-36)40-28-42(53-51-40)34-25-45(63-3)49(66-6)46(26-34)64-4/h7-26,41-42,52-55H,27-28H2,1-6H3. The number of hydrazone groups is 2. The molecule has 4 N–H and O–H groups in total. The van der Waals surface area contributed by atoms with Gasteiger partial charge in [-0.1, -0.05) is 48.5 Å². The van der Waals surface area contributed by atoms with Crippen LogP contribution in [0.2, 0.25) is 0 Å². The molecule has 0 radical (unpaired) electrons. The summed E-state index contributed by atoms with van der Waals surface area (Å²) in [4.78, 5) is 13.4. The maximum Gasteiger partial charge on any atom is 0.261 e. The van der Waals surface area contributed by atoms with Crippen molar-refractivity contribution in [3.8, 4) is 34.5 Å². The second-order valence-electron chi connectivity index (χ2n) is 15.6. The summed E-state index contributed by atoms with van der Waals surface area (Å²) in [6.45, 7) is 0. The maximum absolute atomic E-state index is 13.8. The third-order valence-electron chi connectivity index (χ3n) is 11.4. The Hall–Kier alpha value is -7.77. The Morgan fingerprint density at radius 2 is 0.853 bits per heavy atom. The minimum absolute atomic E-state index is 0.0477. The highest BCUT2D eigenvalue weighted by Crippen LogP contribution is 2.42. The number of hydrogen-bond acceptors (Lipinski definition) is 15.